The number of phenols is 1. The Morgan fingerprint density at radius 2 is 1.74 bits per heavy atom. The smallest absolute Gasteiger partial charge is 0.500 e. The minimum atomic E-state index is -4.55. The highest BCUT2D eigenvalue weighted by atomic mass is 28.4. The van der Waals surface area contributed by atoms with Crippen LogP contribution in [0.5, 0.6) is 5.75 Å². The molecule has 0 spiro atoms. The van der Waals surface area contributed by atoms with Gasteiger partial charge in [0.05, 0.1) is 17.9 Å². The summed E-state index contributed by atoms with van der Waals surface area (Å²) in [6.07, 6.45) is -5.24. The highest BCUT2D eigenvalue weighted by Gasteiger charge is 2.37. The number of aliphatic hydroxyl groups excluding tert-OH is 1. The predicted molar refractivity (Wildman–Crippen MR) is 94.5 cm³/mol. The molecular weight excluding hydrogens is 387 g/mol. The molecule has 0 heterocycles. The lowest BCUT2D eigenvalue weighted by Gasteiger charge is -2.27. The standard InChI is InChI=1S/C16H26F3NO6Si/c1-20(13-10-12(16(17,18)19)6-7-14(13)21)15(22)11-26-8-5-9-27(23-2,24-3)25-4/h6-7,10,15,21-22H,5,8-9,11H2,1-4H3. The van der Waals surface area contributed by atoms with Gasteiger partial charge in [0.2, 0.25) is 0 Å². The molecule has 1 aromatic carbocycles. The van der Waals surface area contributed by atoms with E-state index in [1.165, 1.54) is 28.4 Å². The molecule has 0 saturated heterocycles. The van der Waals surface area contributed by atoms with Crippen molar-refractivity contribution in [1.29, 1.82) is 0 Å². The minimum absolute atomic E-state index is 0.148. The van der Waals surface area contributed by atoms with Crippen LogP contribution in [0.25, 0.3) is 0 Å². The zero-order chi connectivity index (χ0) is 20.7. The maximum atomic E-state index is 12.8. The van der Waals surface area contributed by atoms with Gasteiger partial charge in [-0.3, -0.25) is 0 Å². The Morgan fingerprint density at radius 1 is 1.15 bits per heavy atom. The van der Waals surface area contributed by atoms with Gasteiger partial charge in [0.25, 0.3) is 0 Å². The van der Waals surface area contributed by atoms with Crippen molar-refractivity contribution < 1.29 is 41.4 Å². The molecule has 156 valence electrons. The van der Waals surface area contributed by atoms with Crippen LogP contribution in [0.1, 0.15) is 12.0 Å². The molecule has 0 aliphatic carbocycles. The molecule has 1 aromatic rings. The van der Waals surface area contributed by atoms with Crippen LogP contribution >= 0.6 is 0 Å². The van der Waals surface area contributed by atoms with E-state index < -0.39 is 26.8 Å². The molecule has 0 bridgehead atoms. The second kappa shape index (κ2) is 10.2. The molecule has 0 aliphatic heterocycles. The fourth-order valence-electron chi connectivity index (χ4n) is 2.39. The van der Waals surface area contributed by atoms with Crippen LogP contribution in [0.2, 0.25) is 6.04 Å². The van der Waals surface area contributed by atoms with Gasteiger partial charge in [0.15, 0.2) is 0 Å². The van der Waals surface area contributed by atoms with Crippen LogP contribution < -0.4 is 4.90 Å². The molecule has 2 N–H and O–H groups in total. The monoisotopic (exact) mass is 413 g/mol. The molecular formula is C16H26F3NO6Si. The van der Waals surface area contributed by atoms with Crippen molar-refractivity contribution in [3.63, 3.8) is 0 Å². The Bertz CT molecular complexity index is 577. The number of hydrogen-bond acceptors (Lipinski definition) is 7. The first-order valence-corrected chi connectivity index (χ1v) is 10.1. The lowest BCUT2D eigenvalue weighted by atomic mass is 10.1. The summed E-state index contributed by atoms with van der Waals surface area (Å²) in [5.74, 6) is -0.374. The number of rotatable bonds is 11. The molecule has 7 nitrogen and oxygen atoms in total. The Balaban J connectivity index is 2.57. The van der Waals surface area contributed by atoms with Gasteiger partial charge in [-0.25, -0.2) is 0 Å². The second-order valence-electron chi connectivity index (χ2n) is 5.77. The summed E-state index contributed by atoms with van der Waals surface area (Å²) in [4.78, 5) is 1.11. The Kier molecular flexibility index (Phi) is 8.98. The first-order chi connectivity index (χ1) is 12.6. The van der Waals surface area contributed by atoms with Crippen LogP contribution in [-0.4, -0.2) is 66.8 Å². The summed E-state index contributed by atoms with van der Waals surface area (Å²) >= 11 is 0. The number of hydrogen-bond donors (Lipinski definition) is 2. The number of ether oxygens (including phenoxy) is 1. The zero-order valence-electron chi connectivity index (χ0n) is 15.7. The molecule has 0 saturated carbocycles. The van der Waals surface area contributed by atoms with Crippen LogP contribution in [-0.2, 0) is 24.2 Å². The van der Waals surface area contributed by atoms with Gasteiger partial charge in [0, 0.05) is 41.0 Å². The number of likely N-dealkylation sites (N-methyl/N-ethyl adjacent to an activating group) is 1. The first-order valence-electron chi connectivity index (χ1n) is 8.14. The summed E-state index contributed by atoms with van der Waals surface area (Å²) in [5.41, 5.74) is -1.07. The molecule has 0 radical (unpaired) electrons. The van der Waals surface area contributed by atoms with Gasteiger partial charge in [-0.2, -0.15) is 13.2 Å². The predicted octanol–water partition coefficient (Wildman–Crippen LogP) is 2.45. The van der Waals surface area contributed by atoms with E-state index in [9.17, 15) is 23.4 Å². The molecule has 11 heteroatoms. The highest BCUT2D eigenvalue weighted by molar-refractivity contribution is 6.60. The van der Waals surface area contributed by atoms with Crippen molar-refractivity contribution >= 4 is 14.5 Å². The number of alkyl halides is 3. The van der Waals surface area contributed by atoms with E-state index in [0.717, 1.165) is 23.1 Å². The van der Waals surface area contributed by atoms with Crippen LogP contribution in [0.15, 0.2) is 18.2 Å². The maximum absolute atomic E-state index is 12.8. The summed E-state index contributed by atoms with van der Waals surface area (Å²) < 4.78 is 59.6. The van der Waals surface area contributed by atoms with Crippen LogP contribution in [0, 0.1) is 0 Å². The molecule has 27 heavy (non-hydrogen) atoms. The summed E-state index contributed by atoms with van der Waals surface area (Å²) in [6, 6.07) is 2.99. The summed E-state index contributed by atoms with van der Waals surface area (Å²) in [7, 11) is 3.17. The van der Waals surface area contributed by atoms with E-state index in [-0.39, 0.29) is 24.7 Å². The number of aliphatic hydroxyl groups is 1. The van der Waals surface area contributed by atoms with Gasteiger partial charge in [0.1, 0.15) is 12.0 Å². The lowest BCUT2D eigenvalue weighted by molar-refractivity contribution is -0.137. The van der Waals surface area contributed by atoms with Crippen molar-refractivity contribution in [3.8, 4) is 5.75 Å². The number of aromatic hydroxyl groups is 1. The number of nitrogens with zero attached hydrogens (tertiary/aromatic N) is 1. The van der Waals surface area contributed by atoms with Crippen molar-refractivity contribution in [2.24, 2.45) is 0 Å². The summed E-state index contributed by atoms with van der Waals surface area (Å²) in [5, 5.41) is 19.9. The Morgan fingerprint density at radius 3 is 2.26 bits per heavy atom. The lowest BCUT2D eigenvalue weighted by Crippen LogP contribution is -2.42. The third kappa shape index (κ3) is 6.62. The van der Waals surface area contributed by atoms with E-state index in [0.29, 0.717) is 12.5 Å². The van der Waals surface area contributed by atoms with Gasteiger partial charge in [-0.05, 0) is 24.6 Å². The topological polar surface area (TPSA) is 80.6 Å². The fourth-order valence-corrected chi connectivity index (χ4v) is 4.08. The second-order valence-corrected chi connectivity index (χ2v) is 8.86. The van der Waals surface area contributed by atoms with Gasteiger partial charge < -0.3 is 33.1 Å². The third-order valence-electron chi connectivity index (χ3n) is 4.10. The molecule has 1 rings (SSSR count). The Labute approximate surface area is 157 Å². The van der Waals surface area contributed by atoms with E-state index >= 15 is 0 Å². The normalized spacial score (nSPS) is 13.6. The quantitative estimate of drug-likeness (QED) is 0.328. The van der Waals surface area contributed by atoms with Gasteiger partial charge in [-0.15, -0.1) is 0 Å². The summed E-state index contributed by atoms with van der Waals surface area (Å²) in [6.45, 7) is 0.109. The largest absolute Gasteiger partial charge is 0.506 e. The first kappa shape index (κ1) is 23.7. The SMILES string of the molecule is CO[Si](CCCOCC(O)N(C)c1cc(C(F)(F)F)ccc1O)(OC)OC. The zero-order valence-corrected chi connectivity index (χ0v) is 16.7. The van der Waals surface area contributed by atoms with Crippen LogP contribution in [0.3, 0.4) is 0 Å². The van der Waals surface area contributed by atoms with E-state index in [1.807, 2.05) is 0 Å². The number of phenolic OH excluding ortho intramolecular Hbond substituents is 1. The average Bonchev–Trinajstić information content (AvgIpc) is 2.64. The van der Waals surface area contributed by atoms with Gasteiger partial charge >= 0.3 is 15.0 Å². The number of benzene rings is 1. The minimum Gasteiger partial charge on any atom is -0.506 e. The molecule has 0 aliphatic rings. The Hall–Kier alpha value is -1.37. The van der Waals surface area contributed by atoms with Gasteiger partial charge in [-0.1, -0.05) is 0 Å². The van der Waals surface area contributed by atoms with Crippen LogP contribution in [0.4, 0.5) is 18.9 Å². The van der Waals surface area contributed by atoms with E-state index in [2.05, 4.69) is 0 Å². The van der Waals surface area contributed by atoms with Crippen molar-refractivity contribution in [2.75, 3.05) is 46.5 Å². The van der Waals surface area contributed by atoms with E-state index in [1.54, 1.807) is 0 Å². The maximum Gasteiger partial charge on any atom is 0.500 e. The molecule has 0 aromatic heterocycles. The van der Waals surface area contributed by atoms with Crippen molar-refractivity contribution in [1.82, 2.24) is 0 Å². The highest BCUT2D eigenvalue weighted by Crippen LogP contribution is 2.36. The van der Waals surface area contributed by atoms with Crippen molar-refractivity contribution in [2.45, 2.75) is 24.9 Å². The van der Waals surface area contributed by atoms with Crippen molar-refractivity contribution in [3.05, 3.63) is 23.8 Å². The average molecular weight is 413 g/mol. The number of anilines is 1. The molecule has 1 atom stereocenters. The third-order valence-corrected chi connectivity index (χ3v) is 6.93. The molecule has 1 unspecified atom stereocenters. The van der Waals surface area contributed by atoms with E-state index in [4.69, 9.17) is 18.0 Å². The molecule has 0 amide bonds. The molecule has 0 fully saturated rings. The fraction of sp³-hybridized carbons (Fsp3) is 0.625. The number of halogens is 3.